The highest BCUT2D eigenvalue weighted by Crippen LogP contribution is 2.27. The number of carbonyl (C=O) groups is 1. The lowest BCUT2D eigenvalue weighted by Gasteiger charge is -2.06. The molecule has 0 N–H and O–H groups in total. The molecule has 2 nitrogen and oxygen atoms in total. The molecule has 1 aliphatic rings. The van der Waals surface area contributed by atoms with Gasteiger partial charge in [-0.3, -0.25) is 4.79 Å². The van der Waals surface area contributed by atoms with Crippen molar-refractivity contribution in [2.75, 3.05) is 6.61 Å². The van der Waals surface area contributed by atoms with Crippen LogP contribution >= 0.6 is 0 Å². The van der Waals surface area contributed by atoms with Crippen molar-refractivity contribution in [3.63, 3.8) is 0 Å². The number of hydrogen-bond donors (Lipinski definition) is 0. The molecule has 0 atom stereocenters. The minimum atomic E-state index is -4.75. The smallest absolute Gasteiger partial charge is 0.450 e. The van der Waals surface area contributed by atoms with Gasteiger partial charge in [0.2, 0.25) is 5.78 Å². The molecule has 16 heavy (non-hydrogen) atoms. The SMILES string of the molecule is O=C(Cc1ccc2c(c1)CCO2)C(F)(F)F. The molecule has 1 aromatic rings. The Balaban J connectivity index is 2.14. The molecular formula is C11H9F3O2. The molecule has 0 aliphatic carbocycles. The van der Waals surface area contributed by atoms with Gasteiger partial charge in [0.1, 0.15) is 5.75 Å². The first-order chi connectivity index (χ1) is 7.47. The fraction of sp³-hybridized carbons (Fsp3) is 0.364. The van der Waals surface area contributed by atoms with Crippen molar-refractivity contribution in [3.8, 4) is 5.75 Å². The largest absolute Gasteiger partial charge is 0.493 e. The third-order valence-corrected chi connectivity index (χ3v) is 2.43. The predicted molar refractivity (Wildman–Crippen MR) is 50.4 cm³/mol. The highest BCUT2D eigenvalue weighted by molar-refractivity contribution is 5.86. The Morgan fingerprint density at radius 1 is 1.38 bits per heavy atom. The van der Waals surface area contributed by atoms with Crippen LogP contribution in [-0.4, -0.2) is 18.6 Å². The minimum absolute atomic E-state index is 0.381. The van der Waals surface area contributed by atoms with Gasteiger partial charge in [0, 0.05) is 12.8 Å². The normalized spacial score (nSPS) is 14.4. The van der Waals surface area contributed by atoms with E-state index in [-0.39, 0.29) is 0 Å². The van der Waals surface area contributed by atoms with Gasteiger partial charge in [-0.05, 0) is 17.2 Å². The summed E-state index contributed by atoms with van der Waals surface area (Å²) in [6.07, 6.45) is -4.67. The summed E-state index contributed by atoms with van der Waals surface area (Å²) in [4.78, 5) is 10.8. The summed E-state index contributed by atoms with van der Waals surface area (Å²) in [6, 6.07) is 4.71. The standard InChI is InChI=1S/C11H9F3O2/c12-11(13,14)10(15)6-7-1-2-9-8(5-7)3-4-16-9/h1-2,5H,3-4,6H2. The van der Waals surface area contributed by atoms with Gasteiger partial charge in [-0.15, -0.1) is 0 Å². The number of halogens is 3. The van der Waals surface area contributed by atoms with Crippen molar-refractivity contribution in [2.45, 2.75) is 19.0 Å². The molecule has 0 unspecified atom stereocenters. The average molecular weight is 230 g/mol. The molecule has 1 aromatic carbocycles. The lowest BCUT2D eigenvalue weighted by atomic mass is 10.0. The van der Waals surface area contributed by atoms with E-state index < -0.39 is 18.4 Å². The maximum absolute atomic E-state index is 12.0. The third-order valence-electron chi connectivity index (χ3n) is 2.43. The van der Waals surface area contributed by atoms with Crippen LogP contribution in [0.4, 0.5) is 13.2 Å². The Morgan fingerprint density at radius 3 is 2.81 bits per heavy atom. The summed E-state index contributed by atoms with van der Waals surface area (Å²) in [5.41, 5.74) is 1.25. The molecule has 0 bridgehead atoms. The molecule has 5 heteroatoms. The van der Waals surface area contributed by atoms with E-state index in [0.717, 1.165) is 5.56 Å². The Morgan fingerprint density at radius 2 is 2.12 bits per heavy atom. The lowest BCUT2D eigenvalue weighted by molar-refractivity contribution is -0.170. The van der Waals surface area contributed by atoms with Crippen molar-refractivity contribution in [1.29, 1.82) is 0 Å². The van der Waals surface area contributed by atoms with Crippen LogP contribution in [0.3, 0.4) is 0 Å². The van der Waals surface area contributed by atoms with Gasteiger partial charge in [0.15, 0.2) is 0 Å². The first-order valence-electron chi connectivity index (χ1n) is 4.81. The van der Waals surface area contributed by atoms with Crippen molar-refractivity contribution >= 4 is 5.78 Å². The third kappa shape index (κ3) is 2.18. The van der Waals surface area contributed by atoms with Crippen LogP contribution in [0.15, 0.2) is 18.2 Å². The van der Waals surface area contributed by atoms with Gasteiger partial charge in [-0.1, -0.05) is 12.1 Å². The van der Waals surface area contributed by atoms with E-state index in [4.69, 9.17) is 4.74 Å². The molecule has 1 heterocycles. The summed E-state index contributed by atoms with van der Waals surface area (Å²) in [7, 11) is 0. The zero-order valence-corrected chi connectivity index (χ0v) is 8.30. The predicted octanol–water partition coefficient (Wildman–Crippen LogP) is 2.30. The number of benzene rings is 1. The van der Waals surface area contributed by atoms with E-state index in [2.05, 4.69) is 0 Å². The van der Waals surface area contributed by atoms with Crippen LogP contribution in [0.25, 0.3) is 0 Å². The highest BCUT2D eigenvalue weighted by atomic mass is 19.4. The average Bonchev–Trinajstić information content (AvgIpc) is 2.63. The highest BCUT2D eigenvalue weighted by Gasteiger charge is 2.37. The number of ether oxygens (including phenoxy) is 1. The number of Topliss-reactive ketones (excluding diaryl/α,β-unsaturated/α-hetero) is 1. The molecule has 0 spiro atoms. The zero-order chi connectivity index (χ0) is 11.8. The van der Waals surface area contributed by atoms with Gasteiger partial charge in [0.25, 0.3) is 0 Å². The van der Waals surface area contributed by atoms with Crippen LogP contribution in [0.5, 0.6) is 5.75 Å². The van der Waals surface area contributed by atoms with E-state index in [1.807, 2.05) is 0 Å². The van der Waals surface area contributed by atoms with Gasteiger partial charge in [0.05, 0.1) is 6.61 Å². The first-order valence-corrected chi connectivity index (χ1v) is 4.81. The molecule has 86 valence electrons. The van der Waals surface area contributed by atoms with Crippen molar-refractivity contribution in [1.82, 2.24) is 0 Å². The van der Waals surface area contributed by atoms with Crippen LogP contribution < -0.4 is 4.74 Å². The second kappa shape index (κ2) is 3.81. The molecule has 0 fully saturated rings. The van der Waals surface area contributed by atoms with Crippen LogP contribution in [0.2, 0.25) is 0 Å². The first kappa shape index (κ1) is 11.0. The number of alkyl halides is 3. The molecule has 0 amide bonds. The maximum atomic E-state index is 12.0. The Bertz CT molecular complexity index is 424. The van der Waals surface area contributed by atoms with Crippen molar-refractivity contribution in [3.05, 3.63) is 29.3 Å². The number of hydrogen-bond acceptors (Lipinski definition) is 2. The molecule has 0 saturated heterocycles. The number of fused-ring (bicyclic) bond motifs is 1. The van der Waals surface area contributed by atoms with Crippen LogP contribution in [-0.2, 0) is 17.6 Å². The topological polar surface area (TPSA) is 26.3 Å². The number of carbonyl (C=O) groups excluding carboxylic acids is 1. The second-order valence-corrected chi connectivity index (χ2v) is 3.64. The quantitative estimate of drug-likeness (QED) is 0.779. The summed E-state index contributed by atoms with van der Waals surface area (Å²) < 4.78 is 41.3. The molecule has 0 saturated carbocycles. The van der Waals surface area contributed by atoms with Crippen LogP contribution in [0.1, 0.15) is 11.1 Å². The molecule has 0 radical (unpaired) electrons. The summed E-state index contributed by atoms with van der Waals surface area (Å²) >= 11 is 0. The molecule has 2 rings (SSSR count). The summed E-state index contributed by atoms with van der Waals surface area (Å²) in [6.45, 7) is 0.548. The Hall–Kier alpha value is -1.52. The number of ketones is 1. The second-order valence-electron chi connectivity index (χ2n) is 3.64. The van der Waals surface area contributed by atoms with E-state index in [1.165, 1.54) is 6.07 Å². The molecule has 0 aromatic heterocycles. The summed E-state index contributed by atoms with van der Waals surface area (Å²) in [5.74, 6) is -1.02. The Labute approximate surface area is 90.0 Å². The van der Waals surface area contributed by atoms with Gasteiger partial charge < -0.3 is 4.74 Å². The summed E-state index contributed by atoms with van der Waals surface area (Å²) in [5, 5.41) is 0. The fourth-order valence-corrected chi connectivity index (χ4v) is 1.64. The van der Waals surface area contributed by atoms with E-state index in [0.29, 0.717) is 24.3 Å². The maximum Gasteiger partial charge on any atom is 0.450 e. The van der Waals surface area contributed by atoms with Gasteiger partial charge in [-0.2, -0.15) is 13.2 Å². The van der Waals surface area contributed by atoms with Crippen molar-refractivity contribution < 1.29 is 22.7 Å². The van der Waals surface area contributed by atoms with Gasteiger partial charge in [-0.25, -0.2) is 0 Å². The fourth-order valence-electron chi connectivity index (χ4n) is 1.64. The zero-order valence-electron chi connectivity index (χ0n) is 8.30. The molecular weight excluding hydrogens is 221 g/mol. The lowest BCUT2D eigenvalue weighted by Crippen LogP contribution is -2.24. The van der Waals surface area contributed by atoms with Crippen LogP contribution in [0, 0.1) is 0 Å². The van der Waals surface area contributed by atoms with E-state index in [9.17, 15) is 18.0 Å². The number of rotatable bonds is 2. The monoisotopic (exact) mass is 230 g/mol. The molecule has 1 aliphatic heterocycles. The Kier molecular flexibility index (Phi) is 2.61. The van der Waals surface area contributed by atoms with Gasteiger partial charge >= 0.3 is 6.18 Å². The van der Waals surface area contributed by atoms with E-state index in [1.54, 1.807) is 12.1 Å². The van der Waals surface area contributed by atoms with Crippen molar-refractivity contribution in [2.24, 2.45) is 0 Å². The minimum Gasteiger partial charge on any atom is -0.493 e. The van der Waals surface area contributed by atoms with E-state index >= 15 is 0 Å².